The lowest BCUT2D eigenvalue weighted by Crippen LogP contribution is -2.04. The highest BCUT2D eigenvalue weighted by atomic mass is 16.6. The second kappa shape index (κ2) is 6.46. The molecule has 1 heterocycles. The molecule has 1 N–H and O–H groups in total. The number of rotatable bonds is 6. The Morgan fingerprint density at radius 3 is 2.75 bits per heavy atom. The summed E-state index contributed by atoms with van der Waals surface area (Å²) in [5, 5.41) is 13.9. The van der Waals surface area contributed by atoms with Crippen molar-refractivity contribution in [2.45, 2.75) is 13.5 Å². The van der Waals surface area contributed by atoms with E-state index < -0.39 is 4.92 Å². The maximum Gasteiger partial charge on any atom is 0.310 e. The quantitative estimate of drug-likeness (QED) is 0.642. The van der Waals surface area contributed by atoms with Crippen LogP contribution in [-0.4, -0.2) is 21.4 Å². The standard InChI is InChI=1S/C13H14N4O3/c1-2-14-13-8-15-10(7-16-13)9-20-12-6-4-3-5-11(12)17(18)19/h3-8H,2,9H2,1H3,(H,14,16). The molecule has 0 aliphatic carbocycles. The lowest BCUT2D eigenvalue weighted by molar-refractivity contribution is -0.385. The largest absolute Gasteiger partial charge is 0.480 e. The van der Waals surface area contributed by atoms with Crippen LogP contribution in [-0.2, 0) is 6.61 Å². The third-order valence-electron chi connectivity index (χ3n) is 2.50. The van der Waals surface area contributed by atoms with Crippen molar-refractivity contribution in [3.8, 4) is 5.75 Å². The summed E-state index contributed by atoms with van der Waals surface area (Å²) in [5.41, 5.74) is 0.537. The van der Waals surface area contributed by atoms with E-state index in [9.17, 15) is 10.1 Å². The van der Waals surface area contributed by atoms with Gasteiger partial charge in [0.25, 0.3) is 0 Å². The van der Waals surface area contributed by atoms with Crippen LogP contribution < -0.4 is 10.1 Å². The van der Waals surface area contributed by atoms with Gasteiger partial charge in [0.05, 0.1) is 23.0 Å². The number of para-hydroxylation sites is 2. The lowest BCUT2D eigenvalue weighted by atomic mass is 10.3. The number of nitrogens with zero attached hydrogens (tertiary/aromatic N) is 3. The van der Waals surface area contributed by atoms with Gasteiger partial charge >= 0.3 is 5.69 Å². The summed E-state index contributed by atoms with van der Waals surface area (Å²) in [6, 6.07) is 6.23. The second-order valence-corrected chi connectivity index (χ2v) is 3.94. The Balaban J connectivity index is 2.03. The first-order valence-corrected chi connectivity index (χ1v) is 6.11. The molecule has 0 saturated carbocycles. The highest BCUT2D eigenvalue weighted by Gasteiger charge is 2.13. The number of hydrogen-bond donors (Lipinski definition) is 1. The van der Waals surface area contributed by atoms with Gasteiger partial charge < -0.3 is 10.1 Å². The summed E-state index contributed by atoms with van der Waals surface area (Å²) in [5.74, 6) is 0.900. The van der Waals surface area contributed by atoms with Crippen LogP contribution in [0.1, 0.15) is 12.6 Å². The highest BCUT2D eigenvalue weighted by molar-refractivity contribution is 5.45. The fourth-order valence-electron chi connectivity index (χ4n) is 1.58. The number of nitro groups is 1. The molecule has 2 aromatic rings. The molecule has 2 rings (SSSR count). The number of hydrogen-bond acceptors (Lipinski definition) is 6. The Morgan fingerprint density at radius 1 is 1.30 bits per heavy atom. The first kappa shape index (κ1) is 13.7. The Hall–Kier alpha value is -2.70. The molecule has 1 aromatic heterocycles. The normalized spacial score (nSPS) is 10.1. The fourth-order valence-corrected chi connectivity index (χ4v) is 1.58. The van der Waals surface area contributed by atoms with Crippen LogP contribution in [0, 0.1) is 10.1 Å². The molecule has 0 aliphatic heterocycles. The van der Waals surface area contributed by atoms with Crippen LogP contribution in [0.3, 0.4) is 0 Å². The molecule has 7 nitrogen and oxygen atoms in total. The SMILES string of the molecule is CCNc1cnc(COc2ccccc2[N+](=O)[O-])cn1. The van der Waals surface area contributed by atoms with Crippen molar-refractivity contribution in [1.82, 2.24) is 9.97 Å². The number of nitrogens with one attached hydrogen (secondary N) is 1. The first-order valence-electron chi connectivity index (χ1n) is 6.11. The monoisotopic (exact) mass is 274 g/mol. The van der Waals surface area contributed by atoms with Gasteiger partial charge in [0.15, 0.2) is 5.75 Å². The summed E-state index contributed by atoms with van der Waals surface area (Å²) >= 11 is 0. The van der Waals surface area contributed by atoms with Crippen LogP contribution in [0.5, 0.6) is 5.75 Å². The van der Waals surface area contributed by atoms with E-state index >= 15 is 0 Å². The third-order valence-corrected chi connectivity index (χ3v) is 2.50. The molecule has 0 bridgehead atoms. The second-order valence-electron chi connectivity index (χ2n) is 3.94. The first-order chi connectivity index (χ1) is 9.70. The smallest absolute Gasteiger partial charge is 0.310 e. The summed E-state index contributed by atoms with van der Waals surface area (Å²) < 4.78 is 5.42. The number of ether oxygens (including phenoxy) is 1. The molecule has 1 aromatic carbocycles. The molecular weight excluding hydrogens is 260 g/mol. The maximum absolute atomic E-state index is 10.8. The van der Waals surface area contributed by atoms with Crippen molar-refractivity contribution >= 4 is 11.5 Å². The zero-order valence-corrected chi connectivity index (χ0v) is 10.9. The van der Waals surface area contributed by atoms with Crippen molar-refractivity contribution < 1.29 is 9.66 Å². The molecule has 0 unspecified atom stereocenters. The molecule has 0 spiro atoms. The van der Waals surface area contributed by atoms with Gasteiger partial charge in [-0.2, -0.15) is 0 Å². The maximum atomic E-state index is 10.8. The Bertz CT molecular complexity index is 586. The topological polar surface area (TPSA) is 90.2 Å². The van der Waals surface area contributed by atoms with Crippen LogP contribution in [0.4, 0.5) is 11.5 Å². The third kappa shape index (κ3) is 3.41. The van der Waals surface area contributed by atoms with E-state index in [0.717, 1.165) is 6.54 Å². The predicted molar refractivity (Wildman–Crippen MR) is 73.6 cm³/mol. The van der Waals surface area contributed by atoms with E-state index in [1.165, 1.54) is 6.07 Å². The van der Waals surface area contributed by atoms with Gasteiger partial charge in [-0.3, -0.25) is 15.1 Å². The van der Waals surface area contributed by atoms with Crippen molar-refractivity contribution in [2.75, 3.05) is 11.9 Å². The minimum Gasteiger partial charge on any atom is -0.480 e. The van der Waals surface area contributed by atoms with Crippen molar-refractivity contribution in [1.29, 1.82) is 0 Å². The zero-order valence-electron chi connectivity index (χ0n) is 10.9. The molecule has 20 heavy (non-hydrogen) atoms. The number of benzene rings is 1. The van der Waals surface area contributed by atoms with E-state index in [0.29, 0.717) is 11.5 Å². The molecule has 0 atom stereocenters. The van der Waals surface area contributed by atoms with Crippen LogP contribution in [0.2, 0.25) is 0 Å². The van der Waals surface area contributed by atoms with E-state index in [1.807, 2.05) is 6.92 Å². The van der Waals surface area contributed by atoms with E-state index in [2.05, 4.69) is 15.3 Å². The van der Waals surface area contributed by atoms with Crippen LogP contribution in [0.15, 0.2) is 36.7 Å². The molecule has 0 aliphatic rings. The van der Waals surface area contributed by atoms with Gasteiger partial charge in [-0.25, -0.2) is 4.98 Å². The fraction of sp³-hybridized carbons (Fsp3) is 0.231. The van der Waals surface area contributed by atoms with Crippen molar-refractivity contribution in [2.24, 2.45) is 0 Å². The van der Waals surface area contributed by atoms with Crippen LogP contribution >= 0.6 is 0 Å². The number of anilines is 1. The van der Waals surface area contributed by atoms with Gasteiger partial charge in [0, 0.05) is 12.6 Å². The van der Waals surface area contributed by atoms with E-state index in [4.69, 9.17) is 4.74 Å². The zero-order chi connectivity index (χ0) is 14.4. The van der Waals surface area contributed by atoms with E-state index in [1.54, 1.807) is 30.6 Å². The molecule has 0 radical (unpaired) electrons. The summed E-state index contributed by atoms with van der Waals surface area (Å²) in [6.45, 7) is 2.86. The Kier molecular flexibility index (Phi) is 4.43. The molecule has 0 amide bonds. The van der Waals surface area contributed by atoms with Crippen molar-refractivity contribution in [3.05, 3.63) is 52.5 Å². The molecular formula is C13H14N4O3. The summed E-state index contributed by atoms with van der Waals surface area (Å²) in [4.78, 5) is 18.7. The summed E-state index contributed by atoms with van der Waals surface area (Å²) in [6.07, 6.45) is 3.17. The van der Waals surface area contributed by atoms with Gasteiger partial charge in [-0.15, -0.1) is 0 Å². The lowest BCUT2D eigenvalue weighted by Gasteiger charge is -2.06. The molecule has 104 valence electrons. The predicted octanol–water partition coefficient (Wildman–Crippen LogP) is 2.40. The Morgan fingerprint density at radius 2 is 2.10 bits per heavy atom. The highest BCUT2D eigenvalue weighted by Crippen LogP contribution is 2.26. The number of nitro benzene ring substituents is 1. The van der Waals surface area contributed by atoms with Crippen molar-refractivity contribution in [3.63, 3.8) is 0 Å². The molecule has 0 fully saturated rings. The van der Waals surface area contributed by atoms with Gasteiger partial charge in [0.2, 0.25) is 0 Å². The Labute approximate surface area is 115 Å². The van der Waals surface area contributed by atoms with Crippen LogP contribution in [0.25, 0.3) is 0 Å². The average Bonchev–Trinajstić information content (AvgIpc) is 2.47. The van der Waals surface area contributed by atoms with Gasteiger partial charge in [-0.05, 0) is 13.0 Å². The van der Waals surface area contributed by atoms with E-state index in [-0.39, 0.29) is 18.0 Å². The number of aromatic nitrogens is 2. The molecule has 0 saturated heterocycles. The minimum absolute atomic E-state index is 0.0651. The summed E-state index contributed by atoms with van der Waals surface area (Å²) in [7, 11) is 0. The van der Waals surface area contributed by atoms with Gasteiger partial charge in [0.1, 0.15) is 12.4 Å². The average molecular weight is 274 g/mol. The minimum atomic E-state index is -0.477. The molecule has 7 heteroatoms. The van der Waals surface area contributed by atoms with Gasteiger partial charge in [-0.1, -0.05) is 12.1 Å².